The molecular weight excluding hydrogens is 502 g/mol. The number of hydrogen-bond donors (Lipinski definition) is 0. The molecule has 0 aliphatic carbocycles. The van der Waals surface area contributed by atoms with Gasteiger partial charge >= 0.3 is 6.18 Å². The minimum absolute atomic E-state index is 0.0307. The highest BCUT2D eigenvalue weighted by Gasteiger charge is 2.39. The number of nitrogens with zero attached hydrogens (tertiary/aromatic N) is 3. The van der Waals surface area contributed by atoms with Crippen LogP contribution in [0, 0.1) is 5.82 Å². The van der Waals surface area contributed by atoms with Crippen LogP contribution in [0.3, 0.4) is 0 Å². The lowest BCUT2D eigenvalue weighted by molar-refractivity contribution is -0.139. The van der Waals surface area contributed by atoms with Crippen molar-refractivity contribution in [2.75, 3.05) is 31.1 Å². The van der Waals surface area contributed by atoms with Gasteiger partial charge in [-0.05, 0) is 35.9 Å². The van der Waals surface area contributed by atoms with Gasteiger partial charge in [-0.3, -0.25) is 0 Å². The third-order valence-electron chi connectivity index (χ3n) is 5.17. The molecule has 2 heterocycles. The van der Waals surface area contributed by atoms with Crippen LogP contribution in [-0.2, 0) is 22.6 Å². The Labute approximate surface area is 197 Å². The van der Waals surface area contributed by atoms with Crippen LogP contribution >= 0.6 is 22.9 Å². The molecule has 0 atom stereocenters. The van der Waals surface area contributed by atoms with Crippen molar-refractivity contribution in [3.8, 4) is 0 Å². The van der Waals surface area contributed by atoms with Gasteiger partial charge < -0.3 is 4.90 Å². The predicted molar refractivity (Wildman–Crippen MR) is 119 cm³/mol. The van der Waals surface area contributed by atoms with Crippen molar-refractivity contribution < 1.29 is 26.0 Å². The van der Waals surface area contributed by atoms with E-state index in [1.165, 1.54) is 29.5 Å². The number of alkyl halides is 3. The molecule has 1 fully saturated rings. The van der Waals surface area contributed by atoms with Crippen LogP contribution in [0.25, 0.3) is 0 Å². The maximum Gasteiger partial charge on any atom is 0.417 e. The molecule has 0 unspecified atom stereocenters. The van der Waals surface area contributed by atoms with E-state index in [-0.39, 0.29) is 26.2 Å². The lowest BCUT2D eigenvalue weighted by Crippen LogP contribution is -2.49. The number of hydrogen-bond acceptors (Lipinski definition) is 5. The summed E-state index contributed by atoms with van der Waals surface area (Å²) in [4.78, 5) is 5.69. The predicted octanol–water partition coefficient (Wildman–Crippen LogP) is 5.06. The number of benzene rings is 2. The molecule has 2 aromatic carbocycles. The maximum absolute atomic E-state index is 13.5. The fraction of sp³-hybridized carbons (Fsp3) is 0.286. The zero-order valence-electron chi connectivity index (χ0n) is 17.0. The molecule has 12 heteroatoms. The van der Waals surface area contributed by atoms with E-state index in [2.05, 4.69) is 4.98 Å². The first-order chi connectivity index (χ1) is 15.5. The van der Waals surface area contributed by atoms with Crippen molar-refractivity contribution in [2.45, 2.75) is 17.5 Å². The zero-order valence-corrected chi connectivity index (χ0v) is 19.4. The number of piperazine rings is 1. The Morgan fingerprint density at radius 1 is 1.06 bits per heavy atom. The Morgan fingerprint density at radius 3 is 2.42 bits per heavy atom. The molecule has 4 rings (SSSR count). The van der Waals surface area contributed by atoms with Crippen LogP contribution in [0.1, 0.15) is 16.8 Å². The molecule has 3 aromatic rings. The maximum atomic E-state index is 13.5. The molecule has 0 spiro atoms. The third-order valence-corrected chi connectivity index (χ3v) is 8.29. The van der Waals surface area contributed by atoms with Crippen molar-refractivity contribution >= 4 is 38.1 Å². The molecule has 1 aliphatic heterocycles. The van der Waals surface area contributed by atoms with E-state index >= 15 is 0 Å². The van der Waals surface area contributed by atoms with E-state index < -0.39 is 32.5 Å². The summed E-state index contributed by atoms with van der Waals surface area (Å²) in [5.41, 5.74) is 0.219. The number of rotatable bonds is 5. The second kappa shape index (κ2) is 9.21. The van der Waals surface area contributed by atoms with E-state index in [0.717, 1.165) is 22.5 Å². The van der Waals surface area contributed by atoms with Crippen LogP contribution in [0.15, 0.2) is 52.7 Å². The van der Waals surface area contributed by atoms with Crippen LogP contribution < -0.4 is 4.90 Å². The van der Waals surface area contributed by atoms with Gasteiger partial charge in [0.15, 0.2) is 5.13 Å². The minimum Gasteiger partial charge on any atom is -0.345 e. The standard InChI is InChI=1S/C21H18ClF4N3O2S2/c22-15-9-14(10-16(23)12-15)11-17-13-32-20(27-17)28-5-7-29(8-6-28)33(30,31)19-4-2-1-3-18(19)21(24,25)26/h1-4,9-10,12-13H,5-8,11H2. The molecular formula is C21H18ClF4N3O2S2. The highest BCUT2D eigenvalue weighted by Crippen LogP contribution is 2.35. The molecule has 1 saturated heterocycles. The number of anilines is 1. The van der Waals surface area contributed by atoms with Gasteiger partial charge in [0.2, 0.25) is 10.0 Å². The van der Waals surface area contributed by atoms with E-state index in [1.807, 2.05) is 10.3 Å². The summed E-state index contributed by atoms with van der Waals surface area (Å²) < 4.78 is 80.4. The monoisotopic (exact) mass is 519 g/mol. The number of aromatic nitrogens is 1. The van der Waals surface area contributed by atoms with E-state index in [9.17, 15) is 26.0 Å². The van der Waals surface area contributed by atoms with Gasteiger partial charge in [-0.15, -0.1) is 11.3 Å². The van der Waals surface area contributed by atoms with E-state index in [0.29, 0.717) is 27.8 Å². The lowest BCUT2D eigenvalue weighted by Gasteiger charge is -2.34. The van der Waals surface area contributed by atoms with Gasteiger partial charge in [0.05, 0.1) is 16.2 Å². The molecule has 176 valence electrons. The van der Waals surface area contributed by atoms with Crippen LogP contribution in [-0.4, -0.2) is 43.9 Å². The molecule has 0 saturated carbocycles. The van der Waals surface area contributed by atoms with Crippen LogP contribution in [0.5, 0.6) is 0 Å². The molecule has 0 N–H and O–H groups in total. The second-order valence-corrected chi connectivity index (χ2v) is 10.6. The molecule has 0 amide bonds. The molecule has 5 nitrogen and oxygen atoms in total. The number of sulfonamides is 1. The number of thiazole rings is 1. The molecule has 1 aliphatic rings. The van der Waals surface area contributed by atoms with Gasteiger partial charge in [0.25, 0.3) is 0 Å². The molecule has 0 bridgehead atoms. The largest absolute Gasteiger partial charge is 0.417 e. The first-order valence-corrected chi connectivity index (χ1v) is 12.5. The first kappa shape index (κ1) is 23.9. The van der Waals surface area contributed by atoms with E-state index in [1.54, 1.807) is 6.07 Å². The fourth-order valence-electron chi connectivity index (χ4n) is 3.63. The van der Waals surface area contributed by atoms with Gasteiger partial charge in [-0.1, -0.05) is 23.7 Å². The Hall–Kier alpha value is -2.21. The molecule has 33 heavy (non-hydrogen) atoms. The summed E-state index contributed by atoms with van der Waals surface area (Å²) in [7, 11) is -4.30. The Kier molecular flexibility index (Phi) is 6.68. The Bertz CT molecular complexity index is 1240. The summed E-state index contributed by atoms with van der Waals surface area (Å²) in [5.74, 6) is -0.433. The molecule has 1 aromatic heterocycles. The van der Waals surface area contributed by atoms with Gasteiger partial charge in [-0.25, -0.2) is 17.8 Å². The van der Waals surface area contributed by atoms with Crippen LogP contribution in [0.4, 0.5) is 22.7 Å². The SMILES string of the molecule is O=S(=O)(c1ccccc1C(F)(F)F)N1CCN(c2nc(Cc3cc(F)cc(Cl)c3)cs2)CC1. The van der Waals surface area contributed by atoms with Crippen molar-refractivity contribution in [3.63, 3.8) is 0 Å². The van der Waals surface area contributed by atoms with Gasteiger partial charge in [0.1, 0.15) is 5.82 Å². The summed E-state index contributed by atoms with van der Waals surface area (Å²) in [5, 5.41) is 2.79. The summed E-state index contributed by atoms with van der Waals surface area (Å²) in [6.45, 7) is 0.629. The van der Waals surface area contributed by atoms with Crippen molar-refractivity contribution in [3.05, 3.63) is 75.5 Å². The summed E-state index contributed by atoms with van der Waals surface area (Å²) in [6.07, 6.45) is -4.38. The highest BCUT2D eigenvalue weighted by atomic mass is 35.5. The van der Waals surface area contributed by atoms with Crippen molar-refractivity contribution in [1.82, 2.24) is 9.29 Å². The zero-order chi connectivity index (χ0) is 23.8. The quantitative estimate of drug-likeness (QED) is 0.442. The summed E-state index contributed by atoms with van der Waals surface area (Å²) in [6, 6.07) is 8.46. The second-order valence-electron chi connectivity index (χ2n) is 7.46. The Morgan fingerprint density at radius 2 is 1.76 bits per heavy atom. The average Bonchev–Trinajstić information content (AvgIpc) is 3.21. The van der Waals surface area contributed by atoms with Crippen molar-refractivity contribution in [1.29, 1.82) is 0 Å². The van der Waals surface area contributed by atoms with Crippen LogP contribution in [0.2, 0.25) is 5.02 Å². The lowest BCUT2D eigenvalue weighted by atomic mass is 10.1. The third kappa shape index (κ3) is 5.32. The average molecular weight is 520 g/mol. The van der Waals surface area contributed by atoms with Gasteiger partial charge in [-0.2, -0.15) is 17.5 Å². The fourth-order valence-corrected chi connectivity index (χ4v) is 6.39. The minimum atomic E-state index is -4.77. The normalized spacial score (nSPS) is 15.7. The first-order valence-electron chi connectivity index (χ1n) is 9.85. The number of halogens is 5. The highest BCUT2D eigenvalue weighted by molar-refractivity contribution is 7.89. The van der Waals surface area contributed by atoms with E-state index in [4.69, 9.17) is 11.6 Å². The topological polar surface area (TPSA) is 53.5 Å². The van der Waals surface area contributed by atoms with Crippen molar-refractivity contribution in [2.24, 2.45) is 0 Å². The smallest absolute Gasteiger partial charge is 0.345 e. The summed E-state index contributed by atoms with van der Waals surface area (Å²) >= 11 is 7.26. The molecule has 0 radical (unpaired) electrons. The van der Waals surface area contributed by atoms with Gasteiger partial charge in [0, 0.05) is 43.0 Å². The Balaban J connectivity index is 1.45.